The molecule has 0 atom stereocenters. The van der Waals surface area contributed by atoms with Gasteiger partial charge in [0.2, 0.25) is 0 Å². The fraction of sp³-hybridized carbons (Fsp3) is 0.143. The molecule has 0 fully saturated rings. The first-order valence-electron chi connectivity index (χ1n) is 3.41. The van der Waals surface area contributed by atoms with Crippen LogP contribution in [0.1, 0.15) is 22.5 Å². The van der Waals surface area contributed by atoms with Crippen molar-refractivity contribution in [1.29, 1.82) is 0 Å². The summed E-state index contributed by atoms with van der Waals surface area (Å²) < 4.78 is 24.3. The van der Waals surface area contributed by atoms with Gasteiger partial charge in [-0.05, 0) is 22.0 Å². The van der Waals surface area contributed by atoms with E-state index in [0.717, 1.165) is 6.07 Å². The van der Waals surface area contributed by atoms with Crippen molar-refractivity contribution in [2.75, 3.05) is 5.73 Å². The lowest BCUT2D eigenvalue weighted by Crippen LogP contribution is -2.06. The number of carboxylic acids is 1. The van der Waals surface area contributed by atoms with Gasteiger partial charge in [-0.2, -0.15) is 0 Å². The number of rotatable bonds is 2. The van der Waals surface area contributed by atoms with Crippen LogP contribution in [0.3, 0.4) is 0 Å². The van der Waals surface area contributed by atoms with Crippen molar-refractivity contribution in [3.05, 3.63) is 21.9 Å². The Morgan fingerprint density at radius 1 is 1.64 bits per heavy atom. The van der Waals surface area contributed by atoms with E-state index in [-0.39, 0.29) is 15.9 Å². The Kier molecular flexibility index (Phi) is 3.00. The molecule has 7 heteroatoms. The van der Waals surface area contributed by atoms with E-state index >= 15 is 0 Å². The minimum Gasteiger partial charge on any atom is -0.478 e. The number of carboxylic acid groups (broad SMARTS) is 1. The summed E-state index contributed by atoms with van der Waals surface area (Å²) in [6.07, 6.45) is -2.83. The Balaban J connectivity index is 3.35. The van der Waals surface area contributed by atoms with Crippen LogP contribution in [0.25, 0.3) is 0 Å². The summed E-state index contributed by atoms with van der Waals surface area (Å²) in [5.74, 6) is -1.37. The van der Waals surface area contributed by atoms with E-state index in [4.69, 9.17) is 10.8 Å². The molecule has 1 heterocycles. The summed E-state index contributed by atoms with van der Waals surface area (Å²) in [7, 11) is 0. The zero-order valence-corrected chi connectivity index (χ0v) is 8.25. The fourth-order valence-electron chi connectivity index (χ4n) is 0.831. The second-order valence-electron chi connectivity index (χ2n) is 2.41. The van der Waals surface area contributed by atoms with Crippen LogP contribution >= 0.6 is 15.9 Å². The number of anilines is 1. The van der Waals surface area contributed by atoms with E-state index in [1.54, 1.807) is 0 Å². The topological polar surface area (TPSA) is 76.2 Å². The highest BCUT2D eigenvalue weighted by molar-refractivity contribution is 9.10. The lowest BCUT2D eigenvalue weighted by Gasteiger charge is -2.05. The SMILES string of the molecule is Nc1c(C(=O)O)cc(C(F)F)nc1Br. The van der Waals surface area contributed by atoms with Crippen LogP contribution in [0.2, 0.25) is 0 Å². The monoisotopic (exact) mass is 266 g/mol. The molecule has 4 nitrogen and oxygen atoms in total. The van der Waals surface area contributed by atoms with Gasteiger partial charge in [-0.15, -0.1) is 0 Å². The fourth-order valence-corrected chi connectivity index (χ4v) is 1.25. The van der Waals surface area contributed by atoms with E-state index in [1.807, 2.05) is 0 Å². The summed E-state index contributed by atoms with van der Waals surface area (Å²) in [6.45, 7) is 0. The number of aromatic carboxylic acids is 1. The normalized spacial score (nSPS) is 10.6. The smallest absolute Gasteiger partial charge is 0.337 e. The van der Waals surface area contributed by atoms with Gasteiger partial charge in [-0.3, -0.25) is 0 Å². The largest absolute Gasteiger partial charge is 0.478 e. The first kappa shape index (κ1) is 10.8. The maximum absolute atomic E-state index is 12.2. The van der Waals surface area contributed by atoms with Crippen LogP contribution in [0.15, 0.2) is 10.7 Å². The van der Waals surface area contributed by atoms with Gasteiger partial charge in [0.25, 0.3) is 6.43 Å². The molecular weight excluding hydrogens is 262 g/mol. The minimum absolute atomic E-state index is 0.0901. The van der Waals surface area contributed by atoms with E-state index in [9.17, 15) is 13.6 Å². The predicted molar refractivity (Wildman–Crippen MR) is 48.3 cm³/mol. The summed E-state index contributed by atoms with van der Waals surface area (Å²) in [5.41, 5.74) is 4.14. The number of nitrogens with two attached hydrogens (primary N) is 1. The van der Waals surface area contributed by atoms with Crippen LogP contribution in [-0.4, -0.2) is 16.1 Å². The molecule has 0 spiro atoms. The number of carbonyl (C=O) groups is 1. The van der Waals surface area contributed by atoms with E-state index in [1.165, 1.54) is 0 Å². The Morgan fingerprint density at radius 3 is 2.64 bits per heavy atom. The Morgan fingerprint density at radius 2 is 2.21 bits per heavy atom. The van der Waals surface area contributed by atoms with Crippen molar-refractivity contribution >= 4 is 27.6 Å². The van der Waals surface area contributed by atoms with Crippen LogP contribution < -0.4 is 5.73 Å². The molecule has 0 aromatic carbocycles. The second kappa shape index (κ2) is 3.87. The quantitative estimate of drug-likeness (QED) is 0.804. The highest BCUT2D eigenvalue weighted by atomic mass is 79.9. The molecular formula is C7H5BrF2N2O2. The van der Waals surface area contributed by atoms with Crippen LogP contribution in [0, 0.1) is 0 Å². The summed E-state index contributed by atoms with van der Waals surface area (Å²) in [5, 5.41) is 8.62. The van der Waals surface area contributed by atoms with Crippen molar-refractivity contribution in [3.8, 4) is 0 Å². The second-order valence-corrected chi connectivity index (χ2v) is 3.16. The van der Waals surface area contributed by atoms with Crippen molar-refractivity contribution in [1.82, 2.24) is 4.98 Å². The molecule has 0 aliphatic heterocycles. The van der Waals surface area contributed by atoms with Gasteiger partial charge in [0.05, 0.1) is 11.3 Å². The highest BCUT2D eigenvalue weighted by Gasteiger charge is 2.18. The zero-order valence-electron chi connectivity index (χ0n) is 6.67. The van der Waals surface area contributed by atoms with Crippen molar-refractivity contribution in [2.45, 2.75) is 6.43 Å². The number of hydrogen-bond acceptors (Lipinski definition) is 3. The number of hydrogen-bond donors (Lipinski definition) is 2. The average Bonchev–Trinajstić information content (AvgIpc) is 2.08. The molecule has 0 saturated heterocycles. The number of pyridine rings is 1. The summed E-state index contributed by atoms with van der Waals surface area (Å²) in [6, 6.07) is 0.757. The molecule has 0 aliphatic carbocycles. The number of alkyl halides is 2. The van der Waals surface area contributed by atoms with E-state index in [2.05, 4.69) is 20.9 Å². The van der Waals surface area contributed by atoms with Gasteiger partial charge in [-0.1, -0.05) is 0 Å². The van der Waals surface area contributed by atoms with Gasteiger partial charge < -0.3 is 10.8 Å². The van der Waals surface area contributed by atoms with Crippen LogP contribution in [-0.2, 0) is 0 Å². The van der Waals surface area contributed by atoms with Gasteiger partial charge in [-0.25, -0.2) is 18.6 Å². The predicted octanol–water partition coefficient (Wildman–Crippen LogP) is 2.06. The number of aromatic nitrogens is 1. The molecule has 0 unspecified atom stereocenters. The van der Waals surface area contributed by atoms with E-state index in [0.29, 0.717) is 0 Å². The molecule has 1 aromatic heterocycles. The Bertz CT molecular complexity index is 384. The van der Waals surface area contributed by atoms with Gasteiger partial charge in [0.1, 0.15) is 10.3 Å². The Labute approximate surface area is 85.9 Å². The van der Waals surface area contributed by atoms with Gasteiger partial charge in [0, 0.05) is 0 Å². The van der Waals surface area contributed by atoms with Gasteiger partial charge in [0.15, 0.2) is 0 Å². The molecule has 76 valence electrons. The summed E-state index contributed by atoms with van der Waals surface area (Å²) in [4.78, 5) is 14.0. The third kappa shape index (κ3) is 1.98. The first-order valence-corrected chi connectivity index (χ1v) is 4.20. The van der Waals surface area contributed by atoms with Crippen LogP contribution in [0.5, 0.6) is 0 Å². The van der Waals surface area contributed by atoms with Crippen molar-refractivity contribution < 1.29 is 18.7 Å². The first-order chi connectivity index (χ1) is 6.43. The molecule has 1 rings (SSSR count). The maximum atomic E-state index is 12.2. The number of halogens is 3. The molecule has 0 radical (unpaired) electrons. The average molecular weight is 267 g/mol. The van der Waals surface area contributed by atoms with Crippen molar-refractivity contribution in [3.63, 3.8) is 0 Å². The lowest BCUT2D eigenvalue weighted by molar-refractivity contribution is 0.0697. The van der Waals surface area contributed by atoms with Crippen molar-refractivity contribution in [2.24, 2.45) is 0 Å². The van der Waals surface area contributed by atoms with Gasteiger partial charge >= 0.3 is 5.97 Å². The maximum Gasteiger partial charge on any atom is 0.337 e. The molecule has 0 aliphatic rings. The summed E-state index contributed by atoms with van der Waals surface area (Å²) >= 11 is 2.80. The molecule has 0 amide bonds. The zero-order chi connectivity index (χ0) is 10.9. The Hall–Kier alpha value is -1.24. The minimum atomic E-state index is -2.83. The van der Waals surface area contributed by atoms with E-state index < -0.39 is 18.1 Å². The number of nitrogens with zero attached hydrogens (tertiary/aromatic N) is 1. The third-order valence-corrected chi connectivity index (χ3v) is 2.09. The molecule has 1 aromatic rings. The standard InChI is InChI=1S/C7H5BrF2N2O2/c8-5-4(11)2(7(13)14)1-3(12-5)6(9)10/h1,6H,11H2,(H,13,14). The molecule has 14 heavy (non-hydrogen) atoms. The van der Waals surface area contributed by atoms with Crippen LogP contribution in [0.4, 0.5) is 14.5 Å². The molecule has 3 N–H and O–H groups in total. The number of nitrogen functional groups attached to an aromatic ring is 1. The third-order valence-electron chi connectivity index (χ3n) is 1.49. The molecule has 0 bridgehead atoms. The lowest BCUT2D eigenvalue weighted by atomic mass is 10.2. The highest BCUT2D eigenvalue weighted by Crippen LogP contribution is 2.26. The molecule has 0 saturated carbocycles.